The number of hydrogen-bond acceptors (Lipinski definition) is 1. The summed E-state index contributed by atoms with van der Waals surface area (Å²) in [6.07, 6.45) is 1.04. The largest absolute Gasteiger partial charge is 0.306 e. The molecule has 0 aliphatic carbocycles. The number of rotatable bonds is 5. The third kappa shape index (κ3) is 3.92. The third-order valence-corrected chi connectivity index (χ3v) is 4.51. The number of hydrogen-bond donors (Lipinski definition) is 1. The quantitative estimate of drug-likeness (QED) is 0.772. The predicted octanol–water partition coefficient (Wildman–Crippen LogP) is 5.29. The normalized spacial score (nSPS) is 12.4. The van der Waals surface area contributed by atoms with Crippen molar-refractivity contribution >= 4 is 15.9 Å². The van der Waals surface area contributed by atoms with Crippen molar-refractivity contribution in [2.75, 3.05) is 6.54 Å². The van der Waals surface area contributed by atoms with Crippen LogP contribution in [0.25, 0.3) is 0 Å². The molecule has 0 fully saturated rings. The van der Waals surface area contributed by atoms with Crippen molar-refractivity contribution in [3.8, 4) is 0 Å². The van der Waals surface area contributed by atoms with Crippen molar-refractivity contribution in [3.05, 3.63) is 68.9 Å². The molecule has 0 saturated heterocycles. The second-order valence-corrected chi connectivity index (χ2v) is 6.26. The first kappa shape index (κ1) is 16.2. The van der Waals surface area contributed by atoms with E-state index in [9.17, 15) is 4.39 Å². The van der Waals surface area contributed by atoms with Crippen LogP contribution >= 0.6 is 15.9 Å². The number of nitrogens with one attached hydrogen (secondary N) is 1. The van der Waals surface area contributed by atoms with Gasteiger partial charge in [-0.15, -0.1) is 0 Å². The molecule has 0 heterocycles. The van der Waals surface area contributed by atoms with E-state index in [1.54, 1.807) is 13.0 Å². The molecule has 2 aromatic rings. The van der Waals surface area contributed by atoms with Gasteiger partial charge in [0.05, 0.1) is 6.04 Å². The third-order valence-electron chi connectivity index (χ3n) is 3.66. The van der Waals surface area contributed by atoms with Crippen LogP contribution < -0.4 is 5.32 Å². The van der Waals surface area contributed by atoms with Crippen LogP contribution in [0.2, 0.25) is 0 Å². The van der Waals surface area contributed by atoms with Crippen molar-refractivity contribution in [2.45, 2.75) is 33.2 Å². The smallest absolute Gasteiger partial charge is 0.126 e. The van der Waals surface area contributed by atoms with Gasteiger partial charge in [-0.2, -0.15) is 0 Å². The molecular weight excluding hydrogens is 329 g/mol. The number of aryl methyl sites for hydroxylation is 2. The Morgan fingerprint density at radius 1 is 1.05 bits per heavy atom. The zero-order valence-corrected chi connectivity index (χ0v) is 14.3. The van der Waals surface area contributed by atoms with Crippen LogP contribution in [0.4, 0.5) is 4.39 Å². The van der Waals surface area contributed by atoms with Crippen molar-refractivity contribution in [2.24, 2.45) is 0 Å². The van der Waals surface area contributed by atoms with E-state index in [4.69, 9.17) is 0 Å². The molecule has 1 atom stereocenters. The van der Waals surface area contributed by atoms with E-state index in [0.717, 1.165) is 28.6 Å². The molecule has 0 radical (unpaired) electrons. The fraction of sp³-hybridized carbons (Fsp3) is 0.333. The summed E-state index contributed by atoms with van der Waals surface area (Å²) in [7, 11) is 0. The Morgan fingerprint density at radius 3 is 2.24 bits per heavy atom. The molecule has 0 aromatic heterocycles. The summed E-state index contributed by atoms with van der Waals surface area (Å²) in [5, 5.41) is 3.51. The first-order valence-electron chi connectivity index (χ1n) is 7.28. The average Bonchev–Trinajstić information content (AvgIpc) is 2.46. The van der Waals surface area contributed by atoms with Crippen molar-refractivity contribution in [1.29, 1.82) is 0 Å². The van der Waals surface area contributed by atoms with Crippen LogP contribution in [0.3, 0.4) is 0 Å². The lowest BCUT2D eigenvalue weighted by Crippen LogP contribution is -2.23. The fourth-order valence-electron chi connectivity index (χ4n) is 2.29. The Hall–Kier alpha value is -1.19. The van der Waals surface area contributed by atoms with Gasteiger partial charge in [-0.3, -0.25) is 0 Å². The van der Waals surface area contributed by atoms with Crippen molar-refractivity contribution in [3.63, 3.8) is 0 Å². The summed E-state index contributed by atoms with van der Waals surface area (Å²) in [6.45, 7) is 6.88. The zero-order valence-electron chi connectivity index (χ0n) is 12.7. The monoisotopic (exact) mass is 349 g/mol. The topological polar surface area (TPSA) is 12.0 Å². The summed E-state index contributed by atoms with van der Waals surface area (Å²) in [5.41, 5.74) is 3.98. The maximum Gasteiger partial charge on any atom is 0.126 e. The highest BCUT2D eigenvalue weighted by Crippen LogP contribution is 2.27. The van der Waals surface area contributed by atoms with Crippen LogP contribution in [-0.2, 0) is 0 Å². The molecule has 0 aliphatic rings. The molecule has 0 saturated carbocycles. The van der Waals surface area contributed by atoms with Crippen LogP contribution in [0.5, 0.6) is 0 Å². The lowest BCUT2D eigenvalue weighted by atomic mass is 9.96. The van der Waals surface area contributed by atoms with Gasteiger partial charge in [0.1, 0.15) is 5.82 Å². The van der Waals surface area contributed by atoms with Gasteiger partial charge in [-0.25, -0.2) is 4.39 Å². The molecular formula is C18H21BrFN. The summed E-state index contributed by atoms with van der Waals surface area (Å²) in [4.78, 5) is 0. The zero-order chi connectivity index (χ0) is 15.4. The van der Waals surface area contributed by atoms with Crippen LogP contribution in [0, 0.1) is 19.7 Å². The van der Waals surface area contributed by atoms with Crippen LogP contribution in [-0.4, -0.2) is 6.54 Å². The lowest BCUT2D eigenvalue weighted by molar-refractivity contribution is 0.582. The Balaban J connectivity index is 2.41. The minimum Gasteiger partial charge on any atom is -0.306 e. The van der Waals surface area contributed by atoms with E-state index >= 15 is 0 Å². The van der Waals surface area contributed by atoms with E-state index in [2.05, 4.69) is 53.3 Å². The van der Waals surface area contributed by atoms with Crippen LogP contribution in [0.15, 0.2) is 40.9 Å². The first-order valence-corrected chi connectivity index (χ1v) is 8.07. The maximum absolute atomic E-state index is 13.9. The molecule has 112 valence electrons. The van der Waals surface area contributed by atoms with Gasteiger partial charge in [0.2, 0.25) is 0 Å². The summed E-state index contributed by atoms with van der Waals surface area (Å²) < 4.78 is 15.0. The number of benzene rings is 2. The molecule has 1 N–H and O–H groups in total. The van der Waals surface area contributed by atoms with E-state index in [-0.39, 0.29) is 11.9 Å². The lowest BCUT2D eigenvalue weighted by Gasteiger charge is -2.21. The fourth-order valence-corrected chi connectivity index (χ4v) is 2.69. The minimum atomic E-state index is -0.151. The van der Waals surface area contributed by atoms with E-state index in [1.807, 2.05) is 12.1 Å². The molecule has 1 unspecified atom stereocenters. The molecule has 2 rings (SSSR count). The van der Waals surface area contributed by atoms with Gasteiger partial charge in [-0.1, -0.05) is 47.1 Å². The highest BCUT2D eigenvalue weighted by Gasteiger charge is 2.15. The molecule has 1 nitrogen and oxygen atoms in total. The Bertz CT molecular complexity index is 573. The Labute approximate surface area is 134 Å². The Morgan fingerprint density at radius 2 is 1.67 bits per heavy atom. The van der Waals surface area contributed by atoms with E-state index in [1.165, 1.54) is 5.56 Å². The first-order chi connectivity index (χ1) is 10.0. The molecule has 0 spiro atoms. The highest BCUT2D eigenvalue weighted by molar-refractivity contribution is 9.10. The van der Waals surface area contributed by atoms with E-state index < -0.39 is 0 Å². The van der Waals surface area contributed by atoms with Crippen LogP contribution in [0.1, 0.15) is 41.6 Å². The summed E-state index contributed by atoms with van der Waals surface area (Å²) >= 11 is 3.58. The van der Waals surface area contributed by atoms with Crippen molar-refractivity contribution < 1.29 is 4.39 Å². The molecule has 3 heteroatoms. The SMILES string of the molecule is CCCNC(c1ccc(C)c(F)c1)c1ccc(C)c(Br)c1. The predicted molar refractivity (Wildman–Crippen MR) is 90.2 cm³/mol. The summed E-state index contributed by atoms with van der Waals surface area (Å²) in [5.74, 6) is -0.151. The average molecular weight is 350 g/mol. The minimum absolute atomic E-state index is 0.0111. The second-order valence-electron chi connectivity index (χ2n) is 5.40. The van der Waals surface area contributed by atoms with Gasteiger partial charge < -0.3 is 5.32 Å². The van der Waals surface area contributed by atoms with Gasteiger partial charge in [0, 0.05) is 4.47 Å². The van der Waals surface area contributed by atoms with Gasteiger partial charge >= 0.3 is 0 Å². The Kier molecular flexibility index (Phi) is 5.54. The molecule has 0 bridgehead atoms. The van der Waals surface area contributed by atoms with Gasteiger partial charge in [-0.05, 0) is 61.2 Å². The standard InChI is InChI=1S/C18H21BrFN/c1-4-9-21-18(14-7-5-12(2)16(19)10-14)15-8-6-13(3)17(20)11-15/h5-8,10-11,18,21H,4,9H2,1-3H3. The van der Waals surface area contributed by atoms with Gasteiger partial charge in [0.15, 0.2) is 0 Å². The number of halogens is 2. The van der Waals surface area contributed by atoms with Gasteiger partial charge in [0.25, 0.3) is 0 Å². The van der Waals surface area contributed by atoms with Crippen molar-refractivity contribution in [1.82, 2.24) is 5.32 Å². The molecule has 0 aliphatic heterocycles. The van der Waals surface area contributed by atoms with E-state index in [0.29, 0.717) is 5.56 Å². The molecule has 21 heavy (non-hydrogen) atoms. The second kappa shape index (κ2) is 7.19. The summed E-state index contributed by atoms with van der Waals surface area (Å²) in [6, 6.07) is 11.8. The highest BCUT2D eigenvalue weighted by atomic mass is 79.9. The molecule has 0 amide bonds. The maximum atomic E-state index is 13.9. The molecule has 2 aromatic carbocycles.